The van der Waals surface area contributed by atoms with Crippen molar-refractivity contribution in [1.82, 2.24) is 0 Å². The molecule has 0 saturated heterocycles. The molecule has 1 heteroatoms. The van der Waals surface area contributed by atoms with Crippen molar-refractivity contribution in [2.45, 2.75) is 43.9 Å². The van der Waals surface area contributed by atoms with Gasteiger partial charge in [-0.2, -0.15) is 0 Å². The molecule has 0 aromatic heterocycles. The highest BCUT2D eigenvalue weighted by Gasteiger charge is 2.12. The summed E-state index contributed by atoms with van der Waals surface area (Å²) in [5.41, 5.74) is 2.57. The molecule has 0 aliphatic heterocycles. The Morgan fingerprint density at radius 3 is 2.43 bits per heavy atom. The van der Waals surface area contributed by atoms with Gasteiger partial charge in [0.15, 0.2) is 0 Å². The Hall–Kier alpha value is -0.350. The fourth-order valence-corrected chi connectivity index (χ4v) is 3.74. The summed E-state index contributed by atoms with van der Waals surface area (Å²) >= 11 is 0. The second-order valence-corrected chi connectivity index (χ2v) is 5.78. The summed E-state index contributed by atoms with van der Waals surface area (Å²) in [6.45, 7) is 0. The first-order valence-corrected chi connectivity index (χ1v) is 7.01. The molecule has 1 saturated carbocycles. The topological polar surface area (TPSA) is 0 Å². The zero-order valence-corrected chi connectivity index (χ0v) is 9.71. The Balaban J connectivity index is 1.76. The van der Waals surface area contributed by atoms with E-state index < -0.39 is 0 Å². The molecule has 1 unspecified atom stereocenters. The van der Waals surface area contributed by atoms with Gasteiger partial charge < -0.3 is 0 Å². The molecule has 2 rings (SSSR count). The normalized spacial score (nSPS) is 19.1. The largest absolute Gasteiger partial charge is 0.114 e. The number of rotatable bonds is 3. The molecule has 0 bridgehead atoms. The maximum atomic E-state index is 2.26. The Kier molecular flexibility index (Phi) is 4.01. The Bertz CT molecular complexity index is 249. The van der Waals surface area contributed by atoms with E-state index in [1.165, 1.54) is 43.8 Å². The molecule has 0 amide bonds. The molecule has 0 spiro atoms. The molecule has 1 aromatic rings. The summed E-state index contributed by atoms with van der Waals surface area (Å²) in [6.07, 6.45) is 8.73. The first-order valence-electron chi connectivity index (χ1n) is 5.72. The van der Waals surface area contributed by atoms with Crippen LogP contribution in [0.15, 0.2) is 30.3 Å². The third-order valence-electron chi connectivity index (χ3n) is 3.04. The molecule has 1 aromatic carbocycles. The van der Waals surface area contributed by atoms with Gasteiger partial charge in [-0.15, -0.1) is 8.58 Å². The molecule has 0 N–H and O–H groups in total. The van der Waals surface area contributed by atoms with Gasteiger partial charge in [0.2, 0.25) is 0 Å². The van der Waals surface area contributed by atoms with Gasteiger partial charge in [0.25, 0.3) is 0 Å². The van der Waals surface area contributed by atoms with E-state index in [1.54, 1.807) is 0 Å². The number of hydrogen-bond acceptors (Lipinski definition) is 0. The van der Waals surface area contributed by atoms with Gasteiger partial charge in [-0.25, -0.2) is 0 Å². The van der Waals surface area contributed by atoms with Crippen LogP contribution in [0.3, 0.4) is 0 Å². The molecular weight excluding hydrogens is 187 g/mol. The lowest BCUT2D eigenvalue weighted by Gasteiger charge is -2.21. The second kappa shape index (κ2) is 5.51. The third kappa shape index (κ3) is 3.10. The Morgan fingerprint density at radius 2 is 1.71 bits per heavy atom. The van der Waals surface area contributed by atoms with Gasteiger partial charge in [0.05, 0.1) is 0 Å². The monoisotopic (exact) mass is 206 g/mol. The first-order chi connectivity index (χ1) is 6.95. The van der Waals surface area contributed by atoms with Crippen molar-refractivity contribution in [3.05, 3.63) is 35.9 Å². The zero-order valence-electron chi connectivity index (χ0n) is 8.71. The summed E-state index contributed by atoms with van der Waals surface area (Å²) in [4.78, 5) is 0. The molecule has 0 nitrogen and oxygen atoms in total. The lowest BCUT2D eigenvalue weighted by atomic mass is 10.0. The summed E-state index contributed by atoms with van der Waals surface area (Å²) in [5, 5.41) is 0. The molecule has 1 aliphatic carbocycles. The standard InChI is InChI=1S/C13H19P/c1-3-7-12(8-4-1)11-14-13-9-5-2-6-10-13/h1,3-4,7-8,13-14H,2,5-6,9-11H2. The number of hydrogen-bond donors (Lipinski definition) is 0. The van der Waals surface area contributed by atoms with E-state index in [-0.39, 0.29) is 0 Å². The lowest BCUT2D eigenvalue weighted by molar-refractivity contribution is 0.513. The minimum absolute atomic E-state index is 1.05. The van der Waals surface area contributed by atoms with Crippen molar-refractivity contribution in [3.63, 3.8) is 0 Å². The van der Waals surface area contributed by atoms with Gasteiger partial charge in [0.1, 0.15) is 0 Å². The van der Waals surface area contributed by atoms with E-state index in [1.807, 2.05) is 0 Å². The van der Waals surface area contributed by atoms with E-state index >= 15 is 0 Å². The molecule has 1 fully saturated rings. The van der Waals surface area contributed by atoms with Crippen molar-refractivity contribution in [2.75, 3.05) is 0 Å². The zero-order chi connectivity index (χ0) is 9.64. The van der Waals surface area contributed by atoms with Gasteiger partial charge in [-0.3, -0.25) is 0 Å². The second-order valence-electron chi connectivity index (χ2n) is 4.20. The Morgan fingerprint density at radius 1 is 1.00 bits per heavy atom. The maximum absolute atomic E-state index is 2.26. The fourth-order valence-electron chi connectivity index (χ4n) is 2.16. The predicted octanol–water partition coefficient (Wildman–Crippen LogP) is 4.20. The fraction of sp³-hybridized carbons (Fsp3) is 0.538. The van der Waals surface area contributed by atoms with Gasteiger partial charge in [0, 0.05) is 0 Å². The van der Waals surface area contributed by atoms with Gasteiger partial charge in [-0.05, 0) is 30.2 Å². The van der Waals surface area contributed by atoms with E-state index in [2.05, 4.69) is 30.3 Å². The van der Waals surface area contributed by atoms with Crippen LogP contribution >= 0.6 is 8.58 Å². The summed E-state index contributed by atoms with van der Waals surface area (Å²) in [7, 11) is 1.16. The van der Waals surface area contributed by atoms with E-state index in [0.29, 0.717) is 0 Å². The molecule has 1 aliphatic rings. The van der Waals surface area contributed by atoms with Gasteiger partial charge >= 0.3 is 0 Å². The van der Waals surface area contributed by atoms with Gasteiger partial charge in [-0.1, -0.05) is 49.6 Å². The highest BCUT2D eigenvalue weighted by Crippen LogP contribution is 2.34. The van der Waals surface area contributed by atoms with E-state index in [9.17, 15) is 0 Å². The minimum Gasteiger partial charge on any atom is -0.114 e. The average molecular weight is 206 g/mol. The molecule has 1 atom stereocenters. The lowest BCUT2D eigenvalue weighted by Crippen LogP contribution is -2.06. The maximum Gasteiger partial charge on any atom is -0.00981 e. The summed E-state index contributed by atoms with van der Waals surface area (Å²) in [5.74, 6) is 0. The minimum atomic E-state index is 1.05. The van der Waals surface area contributed by atoms with Crippen LogP contribution in [-0.2, 0) is 6.16 Å². The van der Waals surface area contributed by atoms with Crippen molar-refractivity contribution in [3.8, 4) is 0 Å². The first kappa shape index (κ1) is 10.2. The SMILES string of the molecule is c1ccc(CPC2CCCCC2)cc1. The summed E-state index contributed by atoms with van der Waals surface area (Å²) in [6, 6.07) is 10.9. The van der Waals surface area contributed by atoms with Crippen LogP contribution in [0.2, 0.25) is 0 Å². The summed E-state index contributed by atoms with van der Waals surface area (Å²) < 4.78 is 0. The van der Waals surface area contributed by atoms with Crippen molar-refractivity contribution < 1.29 is 0 Å². The average Bonchev–Trinajstić information content (AvgIpc) is 2.29. The van der Waals surface area contributed by atoms with Crippen LogP contribution in [-0.4, -0.2) is 5.66 Å². The van der Waals surface area contributed by atoms with Crippen molar-refractivity contribution >= 4 is 8.58 Å². The van der Waals surface area contributed by atoms with Crippen LogP contribution in [0.4, 0.5) is 0 Å². The van der Waals surface area contributed by atoms with Crippen LogP contribution in [0.1, 0.15) is 37.7 Å². The highest BCUT2D eigenvalue weighted by molar-refractivity contribution is 7.38. The van der Waals surface area contributed by atoms with Crippen molar-refractivity contribution in [2.24, 2.45) is 0 Å². The highest BCUT2D eigenvalue weighted by atomic mass is 31.1. The molecule has 14 heavy (non-hydrogen) atoms. The van der Waals surface area contributed by atoms with E-state index in [4.69, 9.17) is 0 Å². The predicted molar refractivity (Wildman–Crippen MR) is 65.3 cm³/mol. The van der Waals surface area contributed by atoms with E-state index in [0.717, 1.165) is 14.2 Å². The molecule has 0 heterocycles. The third-order valence-corrected chi connectivity index (χ3v) is 4.81. The van der Waals surface area contributed by atoms with Crippen LogP contribution < -0.4 is 0 Å². The van der Waals surface area contributed by atoms with Crippen LogP contribution in [0.5, 0.6) is 0 Å². The van der Waals surface area contributed by atoms with Crippen molar-refractivity contribution in [1.29, 1.82) is 0 Å². The smallest absolute Gasteiger partial charge is 0.00981 e. The molecular formula is C13H19P. The number of benzene rings is 1. The van der Waals surface area contributed by atoms with Crippen LogP contribution in [0, 0.1) is 0 Å². The molecule has 76 valence electrons. The van der Waals surface area contributed by atoms with Crippen LogP contribution in [0.25, 0.3) is 0 Å². The quantitative estimate of drug-likeness (QED) is 0.650. The molecule has 0 radical (unpaired) electrons. The Labute approximate surface area is 88.9 Å².